The largest absolute Gasteiger partial charge is 0.370 e. The number of piperidine rings is 1. The molecule has 3 nitrogen and oxygen atoms in total. The summed E-state index contributed by atoms with van der Waals surface area (Å²) in [6, 6.07) is 7.06. The zero-order valence-corrected chi connectivity index (χ0v) is 14.7. The summed E-state index contributed by atoms with van der Waals surface area (Å²) in [7, 11) is 0. The Morgan fingerprint density at radius 3 is 2.95 bits per heavy atom. The summed E-state index contributed by atoms with van der Waals surface area (Å²) < 4.78 is 13.2. The molecule has 0 bridgehead atoms. The predicted octanol–water partition coefficient (Wildman–Crippen LogP) is 3.35. The van der Waals surface area contributed by atoms with Gasteiger partial charge in [0.1, 0.15) is 5.82 Å². The van der Waals surface area contributed by atoms with Crippen molar-refractivity contribution in [2.75, 3.05) is 13.1 Å². The number of hydrogen-bond acceptors (Lipinski definition) is 1. The van der Waals surface area contributed by atoms with Gasteiger partial charge in [-0.05, 0) is 42.9 Å². The van der Waals surface area contributed by atoms with Crippen LogP contribution in [0.1, 0.15) is 37.7 Å². The van der Waals surface area contributed by atoms with Crippen molar-refractivity contribution < 1.29 is 4.39 Å². The van der Waals surface area contributed by atoms with Gasteiger partial charge in [0.25, 0.3) is 0 Å². The molecule has 0 amide bonds. The van der Waals surface area contributed by atoms with E-state index in [-0.39, 0.29) is 35.8 Å². The monoisotopic (exact) mass is 403 g/mol. The topological polar surface area (TPSA) is 41.6 Å². The number of nitrogens with two attached hydrogens (primary N) is 1. The highest BCUT2D eigenvalue weighted by Crippen LogP contribution is 2.43. The fourth-order valence-electron chi connectivity index (χ4n) is 3.07. The molecule has 1 aliphatic heterocycles. The molecular weight excluding hydrogens is 380 g/mol. The Hall–Kier alpha value is -0.850. The van der Waals surface area contributed by atoms with Crippen molar-refractivity contribution in [2.45, 2.75) is 38.1 Å². The molecule has 5 heteroatoms. The molecule has 2 N–H and O–H groups in total. The Kier molecular flexibility index (Phi) is 5.46. The third kappa shape index (κ3) is 4.08. The van der Waals surface area contributed by atoms with Crippen LogP contribution in [0.3, 0.4) is 0 Å². The SMILES string of the molecule is CC1CCCN(C(N)=NC2CC2c2cccc(F)c2)C1.I. The molecule has 2 aliphatic rings. The van der Waals surface area contributed by atoms with E-state index in [1.165, 1.54) is 18.9 Å². The van der Waals surface area contributed by atoms with Crippen LogP contribution in [-0.2, 0) is 0 Å². The summed E-state index contributed by atoms with van der Waals surface area (Å²) in [4.78, 5) is 6.82. The van der Waals surface area contributed by atoms with Gasteiger partial charge in [-0.1, -0.05) is 19.1 Å². The lowest BCUT2D eigenvalue weighted by Gasteiger charge is -2.31. The molecule has 116 valence electrons. The molecule has 1 saturated carbocycles. The van der Waals surface area contributed by atoms with Gasteiger partial charge in [0.05, 0.1) is 6.04 Å². The summed E-state index contributed by atoms with van der Waals surface area (Å²) in [6.07, 6.45) is 3.45. The first-order valence-corrected chi connectivity index (χ1v) is 7.47. The number of guanidine groups is 1. The highest BCUT2D eigenvalue weighted by atomic mass is 127. The van der Waals surface area contributed by atoms with Gasteiger partial charge in [-0.25, -0.2) is 9.38 Å². The van der Waals surface area contributed by atoms with Gasteiger partial charge in [0.2, 0.25) is 0 Å². The Bertz CT molecular complexity index is 520. The second-order valence-corrected chi connectivity index (χ2v) is 6.15. The van der Waals surface area contributed by atoms with Crippen LogP contribution < -0.4 is 5.73 Å². The lowest BCUT2D eigenvalue weighted by atomic mass is 10.0. The molecule has 0 radical (unpaired) electrons. The number of aliphatic imine (C=N–C) groups is 1. The number of nitrogens with zero attached hydrogens (tertiary/aromatic N) is 2. The molecular formula is C16H23FIN3. The van der Waals surface area contributed by atoms with Crippen molar-refractivity contribution in [3.63, 3.8) is 0 Å². The van der Waals surface area contributed by atoms with E-state index in [2.05, 4.69) is 16.8 Å². The summed E-state index contributed by atoms with van der Waals surface area (Å²) in [5.74, 6) is 1.53. The maximum atomic E-state index is 13.2. The van der Waals surface area contributed by atoms with E-state index >= 15 is 0 Å². The second kappa shape index (κ2) is 6.94. The third-order valence-corrected chi connectivity index (χ3v) is 4.31. The first-order valence-electron chi connectivity index (χ1n) is 7.47. The van der Waals surface area contributed by atoms with E-state index in [0.717, 1.165) is 25.1 Å². The van der Waals surface area contributed by atoms with Gasteiger partial charge in [-0.3, -0.25) is 0 Å². The molecule has 3 rings (SSSR count). The van der Waals surface area contributed by atoms with Crippen molar-refractivity contribution >= 4 is 29.9 Å². The summed E-state index contributed by atoms with van der Waals surface area (Å²) in [5.41, 5.74) is 7.16. The fraction of sp³-hybridized carbons (Fsp3) is 0.562. The zero-order chi connectivity index (χ0) is 14.1. The lowest BCUT2D eigenvalue weighted by molar-refractivity contribution is 0.270. The van der Waals surface area contributed by atoms with E-state index in [1.807, 2.05) is 6.07 Å². The van der Waals surface area contributed by atoms with E-state index in [0.29, 0.717) is 17.8 Å². The standard InChI is InChI=1S/C16H22FN3.HI/c1-11-4-3-7-20(10-11)16(18)19-15-9-14(15)12-5-2-6-13(17)8-12;/h2,5-6,8,11,14-15H,3-4,7,9-10H2,1H3,(H2,18,19);1H. The Morgan fingerprint density at radius 1 is 1.43 bits per heavy atom. The second-order valence-electron chi connectivity index (χ2n) is 6.15. The Balaban J connectivity index is 0.00000161. The molecule has 1 aromatic carbocycles. The van der Waals surface area contributed by atoms with E-state index < -0.39 is 0 Å². The fourth-order valence-corrected chi connectivity index (χ4v) is 3.07. The van der Waals surface area contributed by atoms with Crippen LogP contribution in [0.5, 0.6) is 0 Å². The smallest absolute Gasteiger partial charge is 0.191 e. The number of rotatable bonds is 2. The Labute approximate surface area is 142 Å². The normalized spacial score (nSPS) is 29.0. The van der Waals surface area contributed by atoms with Crippen LogP contribution >= 0.6 is 24.0 Å². The first kappa shape index (κ1) is 16.5. The molecule has 1 aromatic rings. The van der Waals surface area contributed by atoms with Gasteiger partial charge in [0.15, 0.2) is 5.96 Å². The third-order valence-electron chi connectivity index (χ3n) is 4.31. The van der Waals surface area contributed by atoms with Crippen LogP contribution in [-0.4, -0.2) is 30.0 Å². The minimum atomic E-state index is -0.171. The highest BCUT2D eigenvalue weighted by Gasteiger charge is 2.39. The summed E-state index contributed by atoms with van der Waals surface area (Å²) in [6.45, 7) is 4.27. The van der Waals surface area contributed by atoms with Crippen LogP contribution in [0.15, 0.2) is 29.3 Å². The minimum Gasteiger partial charge on any atom is -0.370 e. The molecule has 1 aliphatic carbocycles. The van der Waals surface area contributed by atoms with Gasteiger partial charge in [-0.15, -0.1) is 24.0 Å². The van der Waals surface area contributed by atoms with Gasteiger partial charge >= 0.3 is 0 Å². The van der Waals surface area contributed by atoms with Gasteiger partial charge in [0, 0.05) is 19.0 Å². The molecule has 0 aromatic heterocycles. The molecule has 3 atom stereocenters. The van der Waals surface area contributed by atoms with Crippen molar-refractivity contribution in [1.82, 2.24) is 4.90 Å². The van der Waals surface area contributed by atoms with Crippen LogP contribution in [0.4, 0.5) is 4.39 Å². The number of benzene rings is 1. The van der Waals surface area contributed by atoms with Crippen molar-refractivity contribution in [2.24, 2.45) is 16.6 Å². The quantitative estimate of drug-likeness (QED) is 0.468. The zero-order valence-electron chi connectivity index (χ0n) is 12.3. The van der Waals surface area contributed by atoms with Gasteiger partial charge in [-0.2, -0.15) is 0 Å². The first-order chi connectivity index (χ1) is 9.63. The molecule has 1 heterocycles. The molecule has 3 unspecified atom stereocenters. The predicted molar refractivity (Wildman–Crippen MR) is 94.6 cm³/mol. The van der Waals surface area contributed by atoms with E-state index in [9.17, 15) is 4.39 Å². The van der Waals surface area contributed by atoms with Crippen LogP contribution in [0, 0.1) is 11.7 Å². The maximum Gasteiger partial charge on any atom is 0.191 e. The van der Waals surface area contributed by atoms with Crippen molar-refractivity contribution in [3.8, 4) is 0 Å². The van der Waals surface area contributed by atoms with Crippen LogP contribution in [0.2, 0.25) is 0 Å². The number of likely N-dealkylation sites (tertiary alicyclic amines) is 1. The molecule has 21 heavy (non-hydrogen) atoms. The molecule has 1 saturated heterocycles. The highest BCUT2D eigenvalue weighted by molar-refractivity contribution is 14.0. The molecule has 0 spiro atoms. The Morgan fingerprint density at radius 2 is 2.24 bits per heavy atom. The maximum absolute atomic E-state index is 13.2. The lowest BCUT2D eigenvalue weighted by Crippen LogP contribution is -2.43. The van der Waals surface area contributed by atoms with E-state index in [1.54, 1.807) is 12.1 Å². The minimum absolute atomic E-state index is 0. The summed E-state index contributed by atoms with van der Waals surface area (Å²) >= 11 is 0. The number of halogens is 2. The summed E-state index contributed by atoms with van der Waals surface area (Å²) in [5, 5.41) is 0. The van der Waals surface area contributed by atoms with E-state index in [4.69, 9.17) is 5.73 Å². The van der Waals surface area contributed by atoms with Crippen LogP contribution in [0.25, 0.3) is 0 Å². The number of hydrogen-bond donors (Lipinski definition) is 1. The average molecular weight is 403 g/mol. The molecule has 2 fully saturated rings. The average Bonchev–Trinajstić information content (AvgIpc) is 3.18. The van der Waals surface area contributed by atoms with Crippen molar-refractivity contribution in [1.29, 1.82) is 0 Å². The van der Waals surface area contributed by atoms with Crippen molar-refractivity contribution in [3.05, 3.63) is 35.6 Å². The van der Waals surface area contributed by atoms with Gasteiger partial charge < -0.3 is 10.6 Å².